The number of hydrogen-bond acceptors (Lipinski definition) is 2. The molecule has 0 spiro atoms. The lowest BCUT2D eigenvalue weighted by atomic mass is 10.1. The van der Waals surface area contributed by atoms with E-state index < -0.39 is 11.9 Å². The van der Waals surface area contributed by atoms with Crippen LogP contribution in [0.1, 0.15) is 0 Å². The summed E-state index contributed by atoms with van der Waals surface area (Å²) in [5.41, 5.74) is 0.478. The number of carboxylic acids is 1. The van der Waals surface area contributed by atoms with Gasteiger partial charge in [0, 0.05) is 5.69 Å². The molecular weight excluding hydrogens is 206 g/mol. The molecule has 16 heavy (non-hydrogen) atoms. The van der Waals surface area contributed by atoms with Crippen molar-refractivity contribution in [2.24, 2.45) is 0 Å². The molecule has 2 N–H and O–H groups in total. The number of carbonyl (C=O) groups excluding carboxylic acids is 1. The number of carbonyl (C=O) groups is 2. The maximum atomic E-state index is 10.9. The van der Waals surface area contributed by atoms with Crippen LogP contribution in [-0.4, -0.2) is 17.0 Å². The van der Waals surface area contributed by atoms with Crippen molar-refractivity contribution in [3.05, 3.63) is 42.5 Å². The molecule has 0 saturated carbocycles. The number of fused-ring (bicyclic) bond motifs is 1. The van der Waals surface area contributed by atoms with Gasteiger partial charge in [0.1, 0.15) is 0 Å². The molecule has 2 aromatic rings. The minimum Gasteiger partial charge on any atom is -0.474 e. The van der Waals surface area contributed by atoms with E-state index in [0.717, 1.165) is 10.8 Å². The van der Waals surface area contributed by atoms with E-state index in [0.29, 0.717) is 5.69 Å². The Hall–Kier alpha value is -2.36. The maximum Gasteiger partial charge on any atom is 0.394 e. The Bertz CT molecular complexity index is 563. The third-order valence-electron chi connectivity index (χ3n) is 2.20. The molecule has 0 aliphatic rings. The molecule has 0 atom stereocenters. The topological polar surface area (TPSA) is 66.4 Å². The molecule has 1 amide bonds. The van der Waals surface area contributed by atoms with Crippen LogP contribution in [0.2, 0.25) is 0 Å². The summed E-state index contributed by atoms with van der Waals surface area (Å²) in [7, 11) is 0. The number of aliphatic carboxylic acids is 1. The van der Waals surface area contributed by atoms with Crippen LogP contribution >= 0.6 is 0 Å². The molecule has 0 heterocycles. The summed E-state index contributed by atoms with van der Waals surface area (Å²) in [4.78, 5) is 21.3. The zero-order valence-corrected chi connectivity index (χ0v) is 8.31. The second-order valence-electron chi connectivity index (χ2n) is 3.32. The van der Waals surface area contributed by atoms with E-state index in [2.05, 4.69) is 5.32 Å². The second-order valence-corrected chi connectivity index (χ2v) is 3.32. The Morgan fingerprint density at radius 3 is 2.38 bits per heavy atom. The Morgan fingerprint density at radius 1 is 1.00 bits per heavy atom. The summed E-state index contributed by atoms with van der Waals surface area (Å²) in [5, 5.41) is 12.7. The number of amides is 1. The molecule has 2 rings (SSSR count). The first-order valence-corrected chi connectivity index (χ1v) is 4.70. The van der Waals surface area contributed by atoms with Crippen molar-refractivity contribution in [2.45, 2.75) is 0 Å². The molecule has 0 saturated heterocycles. The van der Waals surface area contributed by atoms with E-state index in [9.17, 15) is 9.59 Å². The van der Waals surface area contributed by atoms with Gasteiger partial charge in [0.2, 0.25) is 0 Å². The first kappa shape index (κ1) is 10.2. The quantitative estimate of drug-likeness (QED) is 0.713. The fraction of sp³-hybridized carbons (Fsp3) is 0. The maximum absolute atomic E-state index is 10.9. The van der Waals surface area contributed by atoms with Gasteiger partial charge < -0.3 is 10.4 Å². The number of anilines is 1. The highest BCUT2D eigenvalue weighted by Gasteiger charge is 2.10. The van der Waals surface area contributed by atoms with E-state index >= 15 is 0 Å². The Labute approximate surface area is 91.5 Å². The minimum atomic E-state index is -1.49. The third kappa shape index (κ3) is 2.00. The van der Waals surface area contributed by atoms with Crippen LogP contribution in [-0.2, 0) is 9.59 Å². The zero-order chi connectivity index (χ0) is 11.5. The van der Waals surface area contributed by atoms with Crippen LogP contribution < -0.4 is 5.32 Å². The molecule has 0 fully saturated rings. The molecule has 80 valence electrons. The highest BCUT2D eigenvalue weighted by molar-refractivity contribution is 6.36. The van der Waals surface area contributed by atoms with Crippen molar-refractivity contribution in [3.8, 4) is 0 Å². The molecule has 0 aliphatic carbocycles. The van der Waals surface area contributed by atoms with Crippen LogP contribution in [0.5, 0.6) is 0 Å². The third-order valence-corrected chi connectivity index (χ3v) is 2.20. The predicted octanol–water partition coefficient (Wildman–Crippen LogP) is 1.86. The lowest BCUT2D eigenvalue weighted by Gasteiger charge is -2.03. The lowest BCUT2D eigenvalue weighted by molar-refractivity contribution is -0.147. The summed E-state index contributed by atoms with van der Waals surface area (Å²) in [6, 6.07) is 12.9. The van der Waals surface area contributed by atoms with Crippen LogP contribution in [0.15, 0.2) is 42.5 Å². The van der Waals surface area contributed by atoms with Gasteiger partial charge >= 0.3 is 11.9 Å². The molecule has 0 aromatic heterocycles. The smallest absolute Gasteiger partial charge is 0.394 e. The molecular formula is C12H9NO3. The van der Waals surface area contributed by atoms with Gasteiger partial charge in [0.15, 0.2) is 0 Å². The Kier molecular flexibility index (Phi) is 2.55. The van der Waals surface area contributed by atoms with Crippen molar-refractivity contribution in [1.29, 1.82) is 0 Å². The van der Waals surface area contributed by atoms with Crippen molar-refractivity contribution in [2.75, 3.05) is 5.32 Å². The van der Waals surface area contributed by atoms with Crippen LogP contribution in [0.25, 0.3) is 10.8 Å². The first-order valence-electron chi connectivity index (χ1n) is 4.70. The monoisotopic (exact) mass is 215 g/mol. The first-order chi connectivity index (χ1) is 7.66. The van der Waals surface area contributed by atoms with Gasteiger partial charge in [-0.1, -0.05) is 30.3 Å². The van der Waals surface area contributed by atoms with Crippen molar-refractivity contribution in [3.63, 3.8) is 0 Å². The van der Waals surface area contributed by atoms with Gasteiger partial charge in [-0.25, -0.2) is 4.79 Å². The predicted molar refractivity (Wildman–Crippen MR) is 60.2 cm³/mol. The number of rotatable bonds is 1. The van der Waals surface area contributed by atoms with E-state index in [4.69, 9.17) is 5.11 Å². The summed E-state index contributed by atoms with van der Waals surface area (Å²) < 4.78 is 0. The molecule has 2 aromatic carbocycles. The summed E-state index contributed by atoms with van der Waals surface area (Å²) in [6.07, 6.45) is 0. The normalized spacial score (nSPS) is 10.0. The number of carboxylic acid groups (broad SMARTS) is 1. The average molecular weight is 215 g/mol. The fourth-order valence-electron chi connectivity index (χ4n) is 1.45. The van der Waals surface area contributed by atoms with Crippen LogP contribution in [0.3, 0.4) is 0 Å². The highest BCUT2D eigenvalue weighted by Crippen LogP contribution is 2.18. The summed E-state index contributed by atoms with van der Waals surface area (Å²) >= 11 is 0. The van der Waals surface area contributed by atoms with Crippen LogP contribution in [0, 0.1) is 0 Å². The van der Waals surface area contributed by atoms with Gasteiger partial charge in [0.25, 0.3) is 0 Å². The SMILES string of the molecule is O=C(O)C(=O)Nc1ccc2ccccc2c1. The van der Waals surface area contributed by atoms with Gasteiger partial charge in [0.05, 0.1) is 0 Å². The zero-order valence-electron chi connectivity index (χ0n) is 8.31. The molecule has 4 nitrogen and oxygen atoms in total. The minimum absolute atomic E-state index is 0.478. The number of nitrogens with one attached hydrogen (secondary N) is 1. The molecule has 0 unspecified atom stereocenters. The van der Waals surface area contributed by atoms with Gasteiger partial charge in [-0.2, -0.15) is 0 Å². The highest BCUT2D eigenvalue weighted by atomic mass is 16.4. The summed E-state index contributed by atoms with van der Waals surface area (Å²) in [6.45, 7) is 0. The van der Waals surface area contributed by atoms with E-state index in [1.165, 1.54) is 0 Å². The average Bonchev–Trinajstić information content (AvgIpc) is 2.28. The molecule has 4 heteroatoms. The largest absolute Gasteiger partial charge is 0.474 e. The van der Waals surface area contributed by atoms with E-state index in [1.807, 2.05) is 30.3 Å². The molecule has 0 bridgehead atoms. The molecule has 0 aliphatic heterocycles. The van der Waals surface area contributed by atoms with Gasteiger partial charge in [-0.05, 0) is 22.9 Å². The summed E-state index contributed by atoms with van der Waals surface area (Å²) in [5.74, 6) is -2.52. The molecule has 0 radical (unpaired) electrons. The van der Waals surface area contributed by atoms with Crippen molar-refractivity contribution >= 4 is 28.3 Å². The number of hydrogen-bond donors (Lipinski definition) is 2. The second kappa shape index (κ2) is 4.02. The van der Waals surface area contributed by atoms with E-state index in [-0.39, 0.29) is 0 Å². The number of benzene rings is 2. The van der Waals surface area contributed by atoms with Gasteiger partial charge in [-0.3, -0.25) is 4.79 Å². The standard InChI is InChI=1S/C12H9NO3/c14-11(12(15)16)13-10-6-5-8-3-1-2-4-9(8)7-10/h1-7H,(H,13,14)(H,15,16). The Balaban J connectivity index is 2.33. The van der Waals surface area contributed by atoms with E-state index in [1.54, 1.807) is 12.1 Å². The van der Waals surface area contributed by atoms with Gasteiger partial charge in [-0.15, -0.1) is 0 Å². The van der Waals surface area contributed by atoms with Crippen molar-refractivity contribution < 1.29 is 14.7 Å². The van der Waals surface area contributed by atoms with Crippen LogP contribution in [0.4, 0.5) is 5.69 Å². The Morgan fingerprint density at radius 2 is 1.69 bits per heavy atom. The fourth-order valence-corrected chi connectivity index (χ4v) is 1.45. The lowest BCUT2D eigenvalue weighted by Crippen LogP contribution is -2.21. The van der Waals surface area contributed by atoms with Crippen molar-refractivity contribution in [1.82, 2.24) is 0 Å².